The Morgan fingerprint density at radius 1 is 1.11 bits per heavy atom. The van der Waals surface area contributed by atoms with E-state index >= 15 is 0 Å². The van der Waals surface area contributed by atoms with Gasteiger partial charge < -0.3 is 10.1 Å². The summed E-state index contributed by atoms with van der Waals surface area (Å²) in [5.74, 6) is -0.253. The fourth-order valence-corrected chi connectivity index (χ4v) is 3.24. The Hall–Kier alpha value is -3.10. The van der Waals surface area contributed by atoms with Gasteiger partial charge in [0.15, 0.2) is 5.69 Å². The van der Waals surface area contributed by atoms with Crippen LogP contribution in [0.2, 0.25) is 0 Å². The lowest BCUT2D eigenvalue weighted by atomic mass is 10.1. The summed E-state index contributed by atoms with van der Waals surface area (Å²) in [7, 11) is 0. The van der Waals surface area contributed by atoms with Gasteiger partial charge in [-0.3, -0.25) is 14.7 Å². The van der Waals surface area contributed by atoms with E-state index < -0.39 is 0 Å². The molecule has 1 fully saturated rings. The minimum atomic E-state index is -0.253. The van der Waals surface area contributed by atoms with E-state index in [1.165, 1.54) is 0 Å². The average Bonchev–Trinajstić information content (AvgIpc) is 3.26. The maximum atomic E-state index is 12.6. The van der Waals surface area contributed by atoms with Crippen molar-refractivity contribution in [2.75, 3.05) is 32.8 Å². The number of nitrogens with one attached hydrogen (secondary N) is 1. The molecule has 144 valence electrons. The van der Waals surface area contributed by atoms with E-state index in [0.29, 0.717) is 19.8 Å². The van der Waals surface area contributed by atoms with Gasteiger partial charge in [0.2, 0.25) is 0 Å². The van der Waals surface area contributed by atoms with Crippen molar-refractivity contribution < 1.29 is 9.53 Å². The fraction of sp³-hybridized carbons (Fsp3) is 0.300. The molecule has 1 amide bonds. The number of hydrogen-bond acceptors (Lipinski definition) is 6. The molecule has 3 heterocycles. The van der Waals surface area contributed by atoms with Gasteiger partial charge in [0.25, 0.3) is 5.91 Å². The molecule has 0 bridgehead atoms. The van der Waals surface area contributed by atoms with Crippen molar-refractivity contribution in [3.05, 3.63) is 72.3 Å². The first kappa shape index (κ1) is 18.3. The second kappa shape index (κ2) is 8.73. The van der Waals surface area contributed by atoms with Crippen molar-refractivity contribution in [1.29, 1.82) is 0 Å². The number of amides is 1. The minimum absolute atomic E-state index is 0.0155. The van der Waals surface area contributed by atoms with Crippen molar-refractivity contribution in [2.45, 2.75) is 6.04 Å². The number of hydrogen-bond donors (Lipinski definition) is 1. The van der Waals surface area contributed by atoms with Crippen LogP contribution >= 0.6 is 0 Å². The highest BCUT2D eigenvalue weighted by Gasteiger charge is 2.24. The summed E-state index contributed by atoms with van der Waals surface area (Å²) in [4.78, 5) is 19.4. The maximum Gasteiger partial charge on any atom is 0.273 e. The lowest BCUT2D eigenvalue weighted by Crippen LogP contribution is -2.44. The monoisotopic (exact) mass is 378 g/mol. The Morgan fingerprint density at radius 2 is 1.89 bits per heavy atom. The number of benzene rings is 1. The van der Waals surface area contributed by atoms with Gasteiger partial charge in [-0.05, 0) is 24.3 Å². The molecule has 0 saturated carbocycles. The SMILES string of the molecule is O=C(NC[C@@H](c1ccccn1)N1CCOCC1)c1cn(-c2ccccc2)nn1. The van der Waals surface area contributed by atoms with E-state index in [4.69, 9.17) is 4.74 Å². The molecule has 0 spiro atoms. The third-order valence-corrected chi connectivity index (χ3v) is 4.72. The van der Waals surface area contributed by atoms with Crippen LogP contribution in [0.1, 0.15) is 22.2 Å². The van der Waals surface area contributed by atoms with Crippen LogP contribution in [-0.2, 0) is 4.74 Å². The largest absolute Gasteiger partial charge is 0.379 e. The smallest absolute Gasteiger partial charge is 0.273 e. The number of pyridine rings is 1. The molecular weight excluding hydrogens is 356 g/mol. The predicted octanol–water partition coefficient (Wildman–Crippen LogP) is 1.47. The van der Waals surface area contributed by atoms with Gasteiger partial charge in [-0.1, -0.05) is 29.5 Å². The van der Waals surface area contributed by atoms with Crippen molar-refractivity contribution in [3.63, 3.8) is 0 Å². The standard InChI is InChI=1S/C20H22N6O2/c27-20(18-15-26(24-23-18)16-6-2-1-3-7-16)22-14-19(17-8-4-5-9-21-17)25-10-12-28-13-11-25/h1-9,15,19H,10-14H2,(H,22,27)/t19-/m0/s1. The number of para-hydroxylation sites is 1. The van der Waals surface area contributed by atoms with E-state index in [1.807, 2.05) is 48.5 Å². The van der Waals surface area contributed by atoms with Crippen LogP contribution in [-0.4, -0.2) is 63.6 Å². The summed E-state index contributed by atoms with van der Waals surface area (Å²) in [5.41, 5.74) is 2.07. The molecule has 1 saturated heterocycles. The first-order valence-corrected chi connectivity index (χ1v) is 9.30. The highest BCUT2D eigenvalue weighted by atomic mass is 16.5. The van der Waals surface area contributed by atoms with Crippen LogP contribution in [0, 0.1) is 0 Å². The Balaban J connectivity index is 1.45. The second-order valence-electron chi connectivity index (χ2n) is 6.51. The van der Waals surface area contributed by atoms with Crippen LogP contribution in [0.5, 0.6) is 0 Å². The van der Waals surface area contributed by atoms with Gasteiger partial charge >= 0.3 is 0 Å². The molecule has 1 aromatic carbocycles. The molecule has 1 aliphatic heterocycles. The number of nitrogens with zero attached hydrogens (tertiary/aromatic N) is 5. The van der Waals surface area contributed by atoms with E-state index in [-0.39, 0.29) is 17.6 Å². The average molecular weight is 378 g/mol. The van der Waals surface area contributed by atoms with Crippen molar-refractivity contribution in [3.8, 4) is 5.69 Å². The number of carbonyl (C=O) groups excluding carboxylic acids is 1. The van der Waals surface area contributed by atoms with Crippen LogP contribution < -0.4 is 5.32 Å². The first-order valence-electron chi connectivity index (χ1n) is 9.30. The van der Waals surface area contributed by atoms with Crippen molar-refractivity contribution >= 4 is 5.91 Å². The topological polar surface area (TPSA) is 85.2 Å². The fourth-order valence-electron chi connectivity index (χ4n) is 3.24. The van der Waals surface area contributed by atoms with Gasteiger partial charge in [-0.2, -0.15) is 0 Å². The lowest BCUT2D eigenvalue weighted by molar-refractivity contribution is 0.0153. The Labute approximate surface area is 163 Å². The Bertz CT molecular complexity index is 893. The highest BCUT2D eigenvalue weighted by Crippen LogP contribution is 2.19. The van der Waals surface area contributed by atoms with Gasteiger partial charge in [-0.25, -0.2) is 4.68 Å². The molecule has 0 aliphatic carbocycles. The Kier molecular flexibility index (Phi) is 5.69. The van der Waals surface area contributed by atoms with Gasteiger partial charge in [0.1, 0.15) is 0 Å². The highest BCUT2D eigenvalue weighted by molar-refractivity contribution is 5.91. The van der Waals surface area contributed by atoms with Gasteiger partial charge in [0, 0.05) is 25.8 Å². The predicted molar refractivity (Wildman–Crippen MR) is 103 cm³/mol. The van der Waals surface area contributed by atoms with E-state index in [0.717, 1.165) is 24.5 Å². The summed E-state index contributed by atoms with van der Waals surface area (Å²) in [6.45, 7) is 3.42. The summed E-state index contributed by atoms with van der Waals surface area (Å²) in [6.07, 6.45) is 3.41. The molecule has 0 radical (unpaired) electrons. The van der Waals surface area contributed by atoms with Gasteiger partial charge in [0.05, 0.1) is 36.8 Å². The third-order valence-electron chi connectivity index (χ3n) is 4.72. The molecule has 0 unspecified atom stereocenters. The number of aromatic nitrogens is 4. The zero-order chi connectivity index (χ0) is 19.2. The summed E-state index contributed by atoms with van der Waals surface area (Å²) >= 11 is 0. The zero-order valence-corrected chi connectivity index (χ0v) is 15.4. The van der Waals surface area contributed by atoms with E-state index in [1.54, 1.807) is 17.1 Å². The number of ether oxygens (including phenoxy) is 1. The quantitative estimate of drug-likeness (QED) is 0.699. The lowest BCUT2D eigenvalue weighted by Gasteiger charge is -2.34. The molecule has 2 aromatic heterocycles. The second-order valence-corrected chi connectivity index (χ2v) is 6.51. The number of morpholine rings is 1. The number of rotatable bonds is 6. The van der Waals surface area contributed by atoms with E-state index in [9.17, 15) is 4.79 Å². The normalized spacial score (nSPS) is 15.9. The summed E-state index contributed by atoms with van der Waals surface area (Å²) in [6, 6.07) is 15.4. The molecule has 8 heteroatoms. The molecule has 8 nitrogen and oxygen atoms in total. The number of carbonyl (C=O) groups is 1. The summed E-state index contributed by atoms with van der Waals surface area (Å²) < 4.78 is 7.05. The van der Waals surface area contributed by atoms with Gasteiger partial charge in [-0.15, -0.1) is 5.10 Å². The minimum Gasteiger partial charge on any atom is -0.379 e. The van der Waals surface area contributed by atoms with Crippen LogP contribution in [0.15, 0.2) is 60.9 Å². The molecule has 1 N–H and O–H groups in total. The third kappa shape index (κ3) is 4.24. The molecule has 4 rings (SSSR count). The van der Waals surface area contributed by atoms with Crippen LogP contribution in [0.3, 0.4) is 0 Å². The molecule has 3 aromatic rings. The molecule has 28 heavy (non-hydrogen) atoms. The van der Waals surface area contributed by atoms with Crippen LogP contribution in [0.4, 0.5) is 0 Å². The maximum absolute atomic E-state index is 12.6. The Morgan fingerprint density at radius 3 is 2.64 bits per heavy atom. The molecular formula is C20H22N6O2. The molecule has 1 atom stereocenters. The van der Waals surface area contributed by atoms with Crippen molar-refractivity contribution in [1.82, 2.24) is 30.2 Å². The first-order chi connectivity index (χ1) is 13.8. The molecule has 1 aliphatic rings. The summed E-state index contributed by atoms with van der Waals surface area (Å²) in [5, 5.41) is 11.0. The van der Waals surface area contributed by atoms with Crippen LogP contribution in [0.25, 0.3) is 5.69 Å². The van der Waals surface area contributed by atoms with E-state index in [2.05, 4.69) is 25.5 Å². The zero-order valence-electron chi connectivity index (χ0n) is 15.4. The van der Waals surface area contributed by atoms with Crippen molar-refractivity contribution in [2.24, 2.45) is 0 Å².